The van der Waals surface area contributed by atoms with Crippen LogP contribution in [0.15, 0.2) is 24.3 Å². The van der Waals surface area contributed by atoms with Crippen molar-refractivity contribution in [2.75, 3.05) is 23.3 Å². The van der Waals surface area contributed by atoms with E-state index in [9.17, 15) is 4.79 Å². The summed E-state index contributed by atoms with van der Waals surface area (Å²) in [7, 11) is 0. The molecule has 1 aromatic carbocycles. The van der Waals surface area contributed by atoms with Gasteiger partial charge >= 0.3 is 0 Å². The van der Waals surface area contributed by atoms with Gasteiger partial charge < -0.3 is 10.2 Å². The molecule has 0 radical (unpaired) electrons. The highest BCUT2D eigenvalue weighted by molar-refractivity contribution is 7.08. The first-order valence-electron chi connectivity index (χ1n) is 7.15. The molecule has 2 heterocycles. The van der Waals surface area contributed by atoms with Gasteiger partial charge in [-0.05, 0) is 36.0 Å². The van der Waals surface area contributed by atoms with E-state index in [2.05, 4.69) is 14.9 Å². The van der Waals surface area contributed by atoms with E-state index in [-0.39, 0.29) is 11.8 Å². The Bertz CT molecular complexity index is 653. The zero-order chi connectivity index (χ0) is 14.8. The van der Waals surface area contributed by atoms with E-state index < -0.39 is 0 Å². The topological polar surface area (TPSA) is 58.1 Å². The van der Waals surface area contributed by atoms with Crippen LogP contribution in [0, 0.1) is 0 Å². The van der Waals surface area contributed by atoms with Gasteiger partial charge in [-0.25, -0.2) is 0 Å². The van der Waals surface area contributed by atoms with Crippen molar-refractivity contribution < 1.29 is 4.79 Å². The van der Waals surface area contributed by atoms with Gasteiger partial charge in [-0.3, -0.25) is 4.79 Å². The number of nitrogens with one attached hydrogen (secondary N) is 1. The monoisotopic (exact) mass is 302 g/mol. The van der Waals surface area contributed by atoms with Crippen molar-refractivity contribution in [3.63, 3.8) is 0 Å². The summed E-state index contributed by atoms with van der Waals surface area (Å²) in [6, 6.07) is 7.93. The van der Waals surface area contributed by atoms with Gasteiger partial charge in [0.25, 0.3) is 5.91 Å². The van der Waals surface area contributed by atoms with Gasteiger partial charge in [0.05, 0.1) is 17.1 Å². The number of amides is 1. The summed E-state index contributed by atoms with van der Waals surface area (Å²) in [5.74, 6) is 0.202. The predicted octanol–water partition coefficient (Wildman–Crippen LogP) is 3.12. The average molecular weight is 302 g/mol. The van der Waals surface area contributed by atoms with Crippen molar-refractivity contribution in [3.05, 3.63) is 34.8 Å². The number of aromatic nitrogens is 2. The SMILES string of the molecule is CC(C)c1nnsc1C(=O)N1CCCNc2ccccc21. The molecule has 2 aromatic rings. The number of rotatable bonds is 2. The fourth-order valence-corrected chi connectivity index (χ4v) is 3.27. The Hall–Kier alpha value is -1.95. The molecule has 3 rings (SSSR count). The smallest absolute Gasteiger partial charge is 0.272 e. The summed E-state index contributed by atoms with van der Waals surface area (Å²) in [6.45, 7) is 5.65. The molecule has 1 aromatic heterocycles. The molecule has 0 saturated carbocycles. The van der Waals surface area contributed by atoms with Crippen LogP contribution in [-0.4, -0.2) is 28.6 Å². The molecule has 0 atom stereocenters. The minimum Gasteiger partial charge on any atom is -0.383 e. The molecule has 0 aliphatic carbocycles. The van der Waals surface area contributed by atoms with Crippen LogP contribution >= 0.6 is 11.5 Å². The molecule has 0 bridgehead atoms. The van der Waals surface area contributed by atoms with Gasteiger partial charge in [0, 0.05) is 13.1 Å². The molecule has 6 heteroatoms. The molecule has 0 unspecified atom stereocenters. The molecular formula is C15H18N4OS. The third-order valence-corrected chi connectivity index (χ3v) is 4.30. The van der Waals surface area contributed by atoms with E-state index >= 15 is 0 Å². The van der Waals surface area contributed by atoms with Gasteiger partial charge in [0.15, 0.2) is 0 Å². The minimum absolute atomic E-state index is 0.00449. The number of hydrogen-bond donors (Lipinski definition) is 1. The molecule has 1 aliphatic heterocycles. The van der Waals surface area contributed by atoms with Crippen molar-refractivity contribution in [1.82, 2.24) is 9.59 Å². The Morgan fingerprint density at radius 1 is 1.38 bits per heavy atom. The Balaban J connectivity index is 1.99. The average Bonchev–Trinajstić information content (AvgIpc) is 2.88. The van der Waals surface area contributed by atoms with Gasteiger partial charge in [-0.15, -0.1) is 5.10 Å². The third-order valence-electron chi connectivity index (χ3n) is 3.57. The maximum absolute atomic E-state index is 12.9. The highest BCUT2D eigenvalue weighted by Crippen LogP contribution is 2.31. The number of hydrogen-bond acceptors (Lipinski definition) is 5. The summed E-state index contributed by atoms with van der Waals surface area (Å²) >= 11 is 1.19. The van der Waals surface area contributed by atoms with E-state index in [0.717, 1.165) is 30.0 Å². The van der Waals surface area contributed by atoms with Crippen LogP contribution in [0.25, 0.3) is 0 Å². The van der Waals surface area contributed by atoms with Crippen LogP contribution in [0.5, 0.6) is 0 Å². The van der Waals surface area contributed by atoms with Crippen LogP contribution in [0.4, 0.5) is 11.4 Å². The van der Waals surface area contributed by atoms with Crippen LogP contribution in [0.3, 0.4) is 0 Å². The molecule has 0 saturated heterocycles. The number of carbonyl (C=O) groups is 1. The summed E-state index contributed by atoms with van der Waals surface area (Å²) in [5.41, 5.74) is 2.73. The molecule has 1 amide bonds. The van der Waals surface area contributed by atoms with Gasteiger partial charge in [0.2, 0.25) is 0 Å². The van der Waals surface area contributed by atoms with Crippen molar-refractivity contribution in [2.24, 2.45) is 0 Å². The minimum atomic E-state index is 0.00449. The van der Waals surface area contributed by atoms with Crippen LogP contribution in [-0.2, 0) is 0 Å². The maximum atomic E-state index is 12.9. The summed E-state index contributed by atoms with van der Waals surface area (Å²) in [4.78, 5) is 15.4. The standard InChI is InChI=1S/C15H18N4OS/c1-10(2)13-14(21-18-17-13)15(20)19-9-5-8-16-11-6-3-4-7-12(11)19/h3-4,6-7,10,16H,5,8-9H2,1-2H3. The van der Waals surface area contributed by atoms with E-state index in [0.29, 0.717) is 11.4 Å². The van der Waals surface area contributed by atoms with Gasteiger partial charge in [-0.1, -0.05) is 30.5 Å². The zero-order valence-corrected chi connectivity index (χ0v) is 13.0. The van der Waals surface area contributed by atoms with Crippen molar-refractivity contribution in [1.29, 1.82) is 0 Å². The lowest BCUT2D eigenvalue weighted by Gasteiger charge is -2.22. The molecule has 5 nitrogen and oxygen atoms in total. The number of benzene rings is 1. The number of fused-ring (bicyclic) bond motifs is 1. The van der Waals surface area contributed by atoms with E-state index in [4.69, 9.17) is 0 Å². The Morgan fingerprint density at radius 3 is 3.00 bits per heavy atom. The van der Waals surface area contributed by atoms with Crippen molar-refractivity contribution >= 4 is 28.8 Å². The maximum Gasteiger partial charge on any atom is 0.272 e. The fraction of sp³-hybridized carbons (Fsp3) is 0.400. The third kappa shape index (κ3) is 2.63. The molecule has 0 spiro atoms. The largest absolute Gasteiger partial charge is 0.383 e. The van der Waals surface area contributed by atoms with E-state index in [1.54, 1.807) is 0 Å². The molecular weight excluding hydrogens is 284 g/mol. The van der Waals surface area contributed by atoms with E-state index in [1.165, 1.54) is 11.5 Å². The molecule has 21 heavy (non-hydrogen) atoms. The second-order valence-corrected chi connectivity index (χ2v) is 6.15. The molecule has 110 valence electrons. The molecule has 0 fully saturated rings. The van der Waals surface area contributed by atoms with Crippen molar-refractivity contribution in [3.8, 4) is 0 Å². The first-order valence-corrected chi connectivity index (χ1v) is 7.93. The summed E-state index contributed by atoms with van der Waals surface area (Å²) in [5, 5.41) is 7.49. The van der Waals surface area contributed by atoms with Crippen molar-refractivity contribution in [2.45, 2.75) is 26.2 Å². The Labute approximate surface area is 128 Å². The first kappa shape index (κ1) is 14.0. The predicted molar refractivity (Wildman–Crippen MR) is 85.2 cm³/mol. The Morgan fingerprint density at radius 2 is 2.19 bits per heavy atom. The van der Waals surface area contributed by atoms with Gasteiger partial charge in [0.1, 0.15) is 4.88 Å². The second kappa shape index (κ2) is 5.81. The molecule has 1 N–H and O–H groups in total. The van der Waals surface area contributed by atoms with Crippen LogP contribution < -0.4 is 10.2 Å². The quantitative estimate of drug-likeness (QED) is 0.926. The lowest BCUT2D eigenvalue weighted by molar-refractivity contribution is 0.0989. The van der Waals surface area contributed by atoms with Gasteiger partial charge in [-0.2, -0.15) is 0 Å². The second-order valence-electron chi connectivity index (χ2n) is 5.40. The summed E-state index contributed by atoms with van der Waals surface area (Å²) < 4.78 is 3.97. The highest BCUT2D eigenvalue weighted by Gasteiger charge is 2.27. The zero-order valence-electron chi connectivity index (χ0n) is 12.2. The highest BCUT2D eigenvalue weighted by atomic mass is 32.1. The van der Waals surface area contributed by atoms with Crippen LogP contribution in [0.1, 0.15) is 41.6 Å². The number of carbonyl (C=O) groups excluding carboxylic acids is 1. The number of anilines is 2. The Kier molecular flexibility index (Phi) is 3.88. The molecule has 1 aliphatic rings. The summed E-state index contributed by atoms with van der Waals surface area (Å²) in [6.07, 6.45) is 0.920. The van der Waals surface area contributed by atoms with Crippen LogP contribution in [0.2, 0.25) is 0 Å². The normalized spacial score (nSPS) is 14.5. The van der Waals surface area contributed by atoms with E-state index in [1.807, 2.05) is 43.0 Å². The lowest BCUT2D eigenvalue weighted by atomic mass is 10.1. The number of nitrogens with zero attached hydrogens (tertiary/aromatic N) is 3. The number of para-hydroxylation sites is 2. The first-order chi connectivity index (χ1) is 10.2. The lowest BCUT2D eigenvalue weighted by Crippen LogP contribution is -2.31. The fourth-order valence-electron chi connectivity index (χ4n) is 2.50.